The van der Waals surface area contributed by atoms with Crippen LogP contribution in [-0.4, -0.2) is 38.0 Å². The van der Waals surface area contributed by atoms with E-state index in [0.29, 0.717) is 24.2 Å². The number of hydrogen-bond donors (Lipinski definition) is 1. The summed E-state index contributed by atoms with van der Waals surface area (Å²) in [4.78, 5) is 0. The Morgan fingerprint density at radius 1 is 1.17 bits per heavy atom. The van der Waals surface area contributed by atoms with Crippen molar-refractivity contribution in [2.24, 2.45) is 5.41 Å². The van der Waals surface area contributed by atoms with E-state index >= 15 is 0 Å². The molecule has 2 unspecified atom stereocenters. The van der Waals surface area contributed by atoms with Crippen molar-refractivity contribution < 1.29 is 9.47 Å². The molecule has 0 bridgehead atoms. The van der Waals surface area contributed by atoms with Crippen molar-refractivity contribution in [2.45, 2.75) is 70.6 Å². The molecule has 2 aliphatic rings. The van der Waals surface area contributed by atoms with Crippen LogP contribution < -0.4 is 5.32 Å². The molecular formula is C15H29NO2. The molecule has 3 heteroatoms. The maximum absolute atomic E-state index is 6.08. The van der Waals surface area contributed by atoms with Gasteiger partial charge in [-0.05, 0) is 47.1 Å². The molecule has 1 N–H and O–H groups in total. The van der Waals surface area contributed by atoms with Crippen molar-refractivity contribution in [3.8, 4) is 0 Å². The van der Waals surface area contributed by atoms with Crippen molar-refractivity contribution >= 4 is 0 Å². The van der Waals surface area contributed by atoms with E-state index in [1.165, 1.54) is 32.1 Å². The van der Waals surface area contributed by atoms with E-state index in [0.717, 1.165) is 6.61 Å². The van der Waals surface area contributed by atoms with Crippen molar-refractivity contribution in [3.05, 3.63) is 0 Å². The summed E-state index contributed by atoms with van der Waals surface area (Å²) in [5, 5.41) is 3.47. The lowest BCUT2D eigenvalue weighted by atomic mass is 9.60. The second-order valence-corrected chi connectivity index (χ2v) is 6.84. The molecule has 2 rings (SSSR count). The van der Waals surface area contributed by atoms with Crippen LogP contribution in [0.3, 0.4) is 0 Å². The standard InChI is InChI=1S/C15H29NO2/c1-14(2,3)18-10-9-17-13-11-12(16-4)15(13)7-5-6-8-15/h12-13,16H,5-11H2,1-4H3. The largest absolute Gasteiger partial charge is 0.375 e. The van der Waals surface area contributed by atoms with E-state index < -0.39 is 0 Å². The fourth-order valence-electron chi connectivity index (χ4n) is 3.63. The molecule has 0 aromatic heterocycles. The van der Waals surface area contributed by atoms with Crippen molar-refractivity contribution in [2.75, 3.05) is 20.3 Å². The molecule has 1 spiro atoms. The highest BCUT2D eigenvalue weighted by molar-refractivity contribution is 5.09. The monoisotopic (exact) mass is 255 g/mol. The SMILES string of the molecule is CNC1CC(OCCOC(C)(C)C)C12CCCC2. The van der Waals surface area contributed by atoms with Crippen LogP contribution in [0.5, 0.6) is 0 Å². The van der Waals surface area contributed by atoms with E-state index in [-0.39, 0.29) is 5.60 Å². The molecular weight excluding hydrogens is 226 g/mol. The molecule has 2 atom stereocenters. The number of nitrogens with one attached hydrogen (secondary N) is 1. The van der Waals surface area contributed by atoms with Gasteiger partial charge >= 0.3 is 0 Å². The van der Waals surface area contributed by atoms with Crippen LogP contribution in [-0.2, 0) is 9.47 Å². The van der Waals surface area contributed by atoms with Crippen LogP contribution in [0.4, 0.5) is 0 Å². The molecule has 0 radical (unpaired) electrons. The smallest absolute Gasteiger partial charge is 0.0707 e. The maximum atomic E-state index is 6.08. The van der Waals surface area contributed by atoms with Crippen LogP contribution in [0.15, 0.2) is 0 Å². The van der Waals surface area contributed by atoms with Crippen molar-refractivity contribution in [1.29, 1.82) is 0 Å². The zero-order chi connectivity index (χ0) is 13.2. The van der Waals surface area contributed by atoms with E-state index in [2.05, 4.69) is 33.1 Å². The Morgan fingerprint density at radius 3 is 2.39 bits per heavy atom. The first kappa shape index (κ1) is 14.3. The Labute approximate surface area is 112 Å². The average molecular weight is 255 g/mol. The molecule has 106 valence electrons. The Balaban J connectivity index is 1.74. The van der Waals surface area contributed by atoms with Gasteiger partial charge in [-0.25, -0.2) is 0 Å². The second kappa shape index (κ2) is 5.48. The molecule has 18 heavy (non-hydrogen) atoms. The van der Waals surface area contributed by atoms with Gasteiger partial charge in [0.2, 0.25) is 0 Å². The minimum Gasteiger partial charge on any atom is -0.375 e. The normalized spacial score (nSPS) is 30.7. The topological polar surface area (TPSA) is 30.5 Å². The Morgan fingerprint density at radius 2 is 1.83 bits per heavy atom. The third-order valence-corrected chi connectivity index (χ3v) is 4.61. The van der Waals surface area contributed by atoms with Gasteiger partial charge in [0, 0.05) is 11.5 Å². The van der Waals surface area contributed by atoms with Gasteiger partial charge in [-0.15, -0.1) is 0 Å². The van der Waals surface area contributed by atoms with E-state index in [1.54, 1.807) is 0 Å². The van der Waals surface area contributed by atoms with E-state index in [9.17, 15) is 0 Å². The molecule has 3 nitrogen and oxygen atoms in total. The van der Waals surface area contributed by atoms with Crippen LogP contribution >= 0.6 is 0 Å². The molecule has 0 saturated heterocycles. The predicted molar refractivity (Wildman–Crippen MR) is 73.8 cm³/mol. The van der Waals surface area contributed by atoms with Gasteiger partial charge in [-0.3, -0.25) is 0 Å². The predicted octanol–water partition coefficient (Wildman–Crippen LogP) is 2.74. The number of rotatable bonds is 5. The summed E-state index contributed by atoms with van der Waals surface area (Å²) in [6, 6.07) is 0.675. The van der Waals surface area contributed by atoms with Gasteiger partial charge in [0.15, 0.2) is 0 Å². The zero-order valence-corrected chi connectivity index (χ0v) is 12.4. The third-order valence-electron chi connectivity index (χ3n) is 4.61. The summed E-state index contributed by atoms with van der Waals surface area (Å²) in [6.07, 6.45) is 7.05. The summed E-state index contributed by atoms with van der Waals surface area (Å²) in [5.41, 5.74) is 0.387. The molecule has 2 aliphatic carbocycles. The molecule has 0 aliphatic heterocycles. The second-order valence-electron chi connectivity index (χ2n) is 6.84. The fraction of sp³-hybridized carbons (Fsp3) is 1.00. The van der Waals surface area contributed by atoms with Gasteiger partial charge in [0.05, 0.1) is 24.9 Å². The highest BCUT2D eigenvalue weighted by atomic mass is 16.5. The summed E-state index contributed by atoms with van der Waals surface area (Å²) < 4.78 is 11.8. The maximum Gasteiger partial charge on any atom is 0.0707 e. The van der Waals surface area contributed by atoms with E-state index in [4.69, 9.17) is 9.47 Å². The first-order chi connectivity index (χ1) is 8.48. The van der Waals surface area contributed by atoms with Crippen molar-refractivity contribution in [1.82, 2.24) is 5.32 Å². The fourth-order valence-corrected chi connectivity index (χ4v) is 3.63. The lowest BCUT2D eigenvalue weighted by Gasteiger charge is -2.54. The summed E-state index contributed by atoms with van der Waals surface area (Å²) in [5.74, 6) is 0. The molecule has 0 aromatic carbocycles. The Kier molecular flexibility index (Phi) is 4.35. The van der Waals surface area contributed by atoms with E-state index in [1.807, 2.05) is 0 Å². The first-order valence-electron chi connectivity index (χ1n) is 7.41. The van der Waals surface area contributed by atoms with Crippen molar-refractivity contribution in [3.63, 3.8) is 0 Å². The number of ether oxygens (including phenoxy) is 2. The van der Waals surface area contributed by atoms with Crippen LogP contribution in [0.1, 0.15) is 52.9 Å². The number of hydrogen-bond acceptors (Lipinski definition) is 3. The summed E-state index contributed by atoms with van der Waals surface area (Å²) in [7, 11) is 2.09. The van der Waals surface area contributed by atoms with Crippen LogP contribution in [0, 0.1) is 5.41 Å². The highest BCUT2D eigenvalue weighted by Crippen LogP contribution is 2.54. The average Bonchev–Trinajstić information content (AvgIpc) is 2.77. The lowest BCUT2D eigenvalue weighted by Crippen LogP contribution is -2.62. The summed E-state index contributed by atoms with van der Waals surface area (Å²) in [6.45, 7) is 7.71. The lowest BCUT2D eigenvalue weighted by molar-refractivity contribution is -0.147. The molecule has 2 fully saturated rings. The molecule has 2 saturated carbocycles. The van der Waals surface area contributed by atoms with Gasteiger partial charge < -0.3 is 14.8 Å². The quantitative estimate of drug-likeness (QED) is 0.766. The molecule has 0 amide bonds. The molecule has 0 heterocycles. The van der Waals surface area contributed by atoms with Gasteiger partial charge in [0.1, 0.15) is 0 Å². The highest BCUT2D eigenvalue weighted by Gasteiger charge is 2.55. The van der Waals surface area contributed by atoms with Crippen LogP contribution in [0.2, 0.25) is 0 Å². The zero-order valence-electron chi connectivity index (χ0n) is 12.4. The van der Waals surface area contributed by atoms with Gasteiger partial charge in [0.25, 0.3) is 0 Å². The van der Waals surface area contributed by atoms with Crippen LogP contribution in [0.25, 0.3) is 0 Å². The minimum atomic E-state index is -0.0540. The minimum absolute atomic E-state index is 0.0540. The Bertz CT molecular complexity index is 266. The first-order valence-corrected chi connectivity index (χ1v) is 7.41. The molecule has 0 aromatic rings. The van der Waals surface area contributed by atoms with Gasteiger partial charge in [-0.2, -0.15) is 0 Å². The third kappa shape index (κ3) is 2.89. The Hall–Kier alpha value is -0.120. The summed E-state index contributed by atoms with van der Waals surface area (Å²) >= 11 is 0. The van der Waals surface area contributed by atoms with Gasteiger partial charge in [-0.1, -0.05) is 12.8 Å².